The topological polar surface area (TPSA) is 28.2 Å². The number of likely N-dealkylation sites (tertiary alicyclic amines) is 1. The molecule has 0 unspecified atom stereocenters. The number of nitrogens with zero attached hydrogens (tertiary/aromatic N) is 2. The molecular weight excluding hydrogens is 314 g/mol. The number of rotatable bonds is 3. The van der Waals surface area contributed by atoms with Crippen molar-refractivity contribution in [2.24, 2.45) is 0 Å². The first kappa shape index (κ1) is 13.8. The van der Waals surface area contributed by atoms with Crippen molar-refractivity contribution < 1.29 is 0 Å². The Morgan fingerprint density at radius 1 is 1.25 bits per heavy atom. The summed E-state index contributed by atoms with van der Waals surface area (Å²) in [5.74, 6) is 1.01. The summed E-state index contributed by atoms with van der Waals surface area (Å²) in [7, 11) is 0. The molecule has 20 heavy (non-hydrogen) atoms. The van der Waals surface area contributed by atoms with Crippen molar-refractivity contribution in [1.82, 2.24) is 9.88 Å². The molecule has 0 amide bonds. The minimum atomic E-state index is 0.537. The number of hydrogen-bond donors (Lipinski definition) is 1. The molecule has 1 saturated heterocycles. The maximum Gasteiger partial charge on any atom is 0.134 e. The van der Waals surface area contributed by atoms with Crippen LogP contribution in [0.5, 0.6) is 0 Å². The van der Waals surface area contributed by atoms with Crippen molar-refractivity contribution in [3.8, 4) is 0 Å². The van der Waals surface area contributed by atoms with Crippen LogP contribution in [-0.4, -0.2) is 35.6 Å². The number of nitrogens with one attached hydrogen (secondary N) is 1. The van der Waals surface area contributed by atoms with Gasteiger partial charge in [-0.25, -0.2) is 4.98 Å². The van der Waals surface area contributed by atoms with E-state index < -0.39 is 0 Å². The summed E-state index contributed by atoms with van der Waals surface area (Å²) in [6.45, 7) is 5.76. The average molecular weight is 334 g/mol. The van der Waals surface area contributed by atoms with Gasteiger partial charge in [0, 0.05) is 40.6 Å². The van der Waals surface area contributed by atoms with Crippen LogP contribution in [0.25, 0.3) is 10.8 Å². The van der Waals surface area contributed by atoms with Crippen LogP contribution in [-0.2, 0) is 0 Å². The third-order valence-corrected chi connectivity index (χ3v) is 4.82. The van der Waals surface area contributed by atoms with E-state index in [9.17, 15) is 0 Å². The van der Waals surface area contributed by atoms with Crippen LogP contribution in [0.1, 0.15) is 19.8 Å². The number of fused-ring (bicyclic) bond motifs is 1. The highest BCUT2D eigenvalue weighted by molar-refractivity contribution is 9.10. The molecule has 1 fully saturated rings. The normalized spacial score (nSPS) is 17.5. The average Bonchev–Trinajstić information content (AvgIpc) is 2.49. The number of benzene rings is 1. The fourth-order valence-electron chi connectivity index (χ4n) is 2.87. The molecule has 1 N–H and O–H groups in total. The van der Waals surface area contributed by atoms with Crippen molar-refractivity contribution >= 4 is 32.5 Å². The zero-order valence-corrected chi connectivity index (χ0v) is 13.4. The van der Waals surface area contributed by atoms with Crippen LogP contribution in [0.3, 0.4) is 0 Å². The lowest BCUT2D eigenvalue weighted by Crippen LogP contribution is -2.39. The minimum absolute atomic E-state index is 0.537. The smallest absolute Gasteiger partial charge is 0.134 e. The first-order chi connectivity index (χ1) is 9.78. The highest BCUT2D eigenvalue weighted by Crippen LogP contribution is 2.28. The van der Waals surface area contributed by atoms with Crippen molar-refractivity contribution in [1.29, 1.82) is 0 Å². The molecule has 0 aliphatic carbocycles. The van der Waals surface area contributed by atoms with Crippen molar-refractivity contribution in [2.45, 2.75) is 25.8 Å². The van der Waals surface area contributed by atoms with Gasteiger partial charge in [0.1, 0.15) is 5.82 Å². The molecule has 1 aromatic carbocycles. The van der Waals surface area contributed by atoms with Gasteiger partial charge in [0.25, 0.3) is 0 Å². The van der Waals surface area contributed by atoms with Crippen molar-refractivity contribution in [3.63, 3.8) is 0 Å². The van der Waals surface area contributed by atoms with Crippen LogP contribution >= 0.6 is 15.9 Å². The van der Waals surface area contributed by atoms with E-state index in [1.807, 2.05) is 6.20 Å². The van der Waals surface area contributed by atoms with E-state index in [1.54, 1.807) is 0 Å². The Balaban J connectivity index is 1.80. The van der Waals surface area contributed by atoms with Gasteiger partial charge >= 0.3 is 0 Å². The molecule has 106 valence electrons. The Bertz CT molecular complexity index is 591. The molecule has 0 atom stereocenters. The number of hydrogen-bond acceptors (Lipinski definition) is 3. The van der Waals surface area contributed by atoms with Crippen LogP contribution < -0.4 is 5.32 Å². The first-order valence-corrected chi connectivity index (χ1v) is 8.09. The van der Waals surface area contributed by atoms with Gasteiger partial charge in [-0.3, -0.25) is 0 Å². The molecule has 2 heterocycles. The molecule has 1 aliphatic rings. The second kappa shape index (κ2) is 6.10. The van der Waals surface area contributed by atoms with Crippen LogP contribution in [0.2, 0.25) is 0 Å². The molecule has 0 radical (unpaired) electrons. The van der Waals surface area contributed by atoms with Gasteiger partial charge in [0.15, 0.2) is 0 Å². The number of aromatic nitrogens is 1. The third kappa shape index (κ3) is 2.81. The van der Waals surface area contributed by atoms with E-state index in [4.69, 9.17) is 0 Å². The van der Waals surface area contributed by atoms with E-state index in [2.05, 4.69) is 62.3 Å². The minimum Gasteiger partial charge on any atom is -0.367 e. The van der Waals surface area contributed by atoms with Gasteiger partial charge in [-0.1, -0.05) is 35.0 Å². The molecule has 4 heteroatoms. The summed E-state index contributed by atoms with van der Waals surface area (Å²) in [5, 5.41) is 6.05. The Morgan fingerprint density at radius 2 is 2.05 bits per heavy atom. The number of anilines is 1. The summed E-state index contributed by atoms with van der Waals surface area (Å²) >= 11 is 3.61. The molecule has 3 nitrogen and oxygen atoms in total. The standard InChI is InChI=1S/C16H20BrN3/c1-2-20-10-7-12(8-11-20)19-16-14-4-3-5-15(17)13(14)6-9-18-16/h3-6,9,12H,2,7-8,10-11H2,1H3,(H,18,19). The Labute approximate surface area is 128 Å². The molecule has 0 spiro atoms. The summed E-state index contributed by atoms with van der Waals surface area (Å²) in [6.07, 6.45) is 4.27. The highest BCUT2D eigenvalue weighted by atomic mass is 79.9. The Kier molecular flexibility index (Phi) is 4.22. The zero-order valence-electron chi connectivity index (χ0n) is 11.8. The number of piperidine rings is 1. The van der Waals surface area contributed by atoms with Gasteiger partial charge in [0.05, 0.1) is 0 Å². The van der Waals surface area contributed by atoms with E-state index in [-0.39, 0.29) is 0 Å². The lowest BCUT2D eigenvalue weighted by Gasteiger charge is -2.31. The summed E-state index contributed by atoms with van der Waals surface area (Å²) in [4.78, 5) is 7.04. The maximum absolute atomic E-state index is 4.54. The van der Waals surface area contributed by atoms with Crippen molar-refractivity contribution in [2.75, 3.05) is 25.0 Å². The molecule has 3 rings (SSSR count). The predicted octanol–water partition coefficient (Wildman–Crippen LogP) is 3.89. The monoisotopic (exact) mass is 333 g/mol. The van der Waals surface area contributed by atoms with Crippen LogP contribution in [0, 0.1) is 0 Å². The molecule has 0 saturated carbocycles. The molecule has 1 aliphatic heterocycles. The van der Waals surface area contributed by atoms with E-state index in [0.29, 0.717) is 6.04 Å². The van der Waals surface area contributed by atoms with Gasteiger partial charge < -0.3 is 10.2 Å². The molecule has 0 bridgehead atoms. The van der Waals surface area contributed by atoms with Gasteiger partial charge in [0.2, 0.25) is 0 Å². The maximum atomic E-state index is 4.54. The van der Waals surface area contributed by atoms with Crippen molar-refractivity contribution in [3.05, 3.63) is 34.9 Å². The largest absolute Gasteiger partial charge is 0.367 e. The lowest BCUT2D eigenvalue weighted by molar-refractivity contribution is 0.229. The lowest BCUT2D eigenvalue weighted by atomic mass is 10.0. The third-order valence-electron chi connectivity index (χ3n) is 4.13. The van der Waals surface area contributed by atoms with Crippen LogP contribution in [0.15, 0.2) is 34.9 Å². The van der Waals surface area contributed by atoms with E-state index >= 15 is 0 Å². The van der Waals surface area contributed by atoms with Gasteiger partial charge in [-0.15, -0.1) is 0 Å². The highest BCUT2D eigenvalue weighted by Gasteiger charge is 2.18. The van der Waals surface area contributed by atoms with E-state index in [1.165, 1.54) is 36.7 Å². The molecule has 1 aromatic heterocycles. The quantitative estimate of drug-likeness (QED) is 0.923. The fraction of sp³-hybridized carbons (Fsp3) is 0.438. The second-order valence-corrected chi connectivity index (χ2v) is 6.20. The Morgan fingerprint density at radius 3 is 2.80 bits per heavy atom. The second-order valence-electron chi connectivity index (χ2n) is 5.35. The Hall–Kier alpha value is -1.13. The van der Waals surface area contributed by atoms with Gasteiger partial charge in [-0.2, -0.15) is 0 Å². The van der Waals surface area contributed by atoms with Crippen LogP contribution in [0.4, 0.5) is 5.82 Å². The van der Waals surface area contributed by atoms with Gasteiger partial charge in [-0.05, 0) is 31.5 Å². The summed E-state index contributed by atoms with van der Waals surface area (Å²) in [5.41, 5.74) is 0. The SMILES string of the molecule is CCN1CCC(Nc2nccc3c(Br)cccc23)CC1. The zero-order chi connectivity index (χ0) is 13.9. The molecular formula is C16H20BrN3. The summed E-state index contributed by atoms with van der Waals surface area (Å²) in [6, 6.07) is 8.88. The number of halogens is 1. The summed E-state index contributed by atoms with van der Waals surface area (Å²) < 4.78 is 1.13. The van der Waals surface area contributed by atoms with E-state index in [0.717, 1.165) is 16.8 Å². The fourth-order valence-corrected chi connectivity index (χ4v) is 3.37. The predicted molar refractivity (Wildman–Crippen MR) is 88.2 cm³/mol. The number of pyridine rings is 1. The molecule has 2 aromatic rings. The first-order valence-electron chi connectivity index (χ1n) is 7.30.